The Balaban J connectivity index is 2.84. The van der Waals surface area contributed by atoms with Crippen LogP contribution in [0.5, 0.6) is 0 Å². The Hall–Kier alpha value is -0.850. The molecule has 0 saturated heterocycles. The van der Waals surface area contributed by atoms with E-state index in [1.807, 2.05) is 0 Å². The molecule has 0 amide bonds. The van der Waals surface area contributed by atoms with Gasteiger partial charge in [-0.1, -0.05) is 27.7 Å². The molecule has 0 unspecified atom stereocenters. The van der Waals surface area contributed by atoms with E-state index in [4.69, 9.17) is 4.98 Å². The van der Waals surface area contributed by atoms with Crippen LogP contribution in [0.15, 0.2) is 12.1 Å². The Morgan fingerprint density at radius 3 is 1.67 bits per heavy atom. The molecule has 1 aromatic rings. The second-order valence-corrected chi connectivity index (χ2v) is 5.32. The van der Waals surface area contributed by atoms with E-state index in [0.717, 1.165) is 12.8 Å². The van der Waals surface area contributed by atoms with E-state index in [9.17, 15) is 0 Å². The minimum absolute atomic E-state index is 0.686. The Morgan fingerprint density at radius 2 is 1.33 bits per heavy atom. The van der Waals surface area contributed by atoms with Crippen molar-refractivity contribution in [3.8, 4) is 0 Å². The van der Waals surface area contributed by atoms with E-state index in [1.165, 1.54) is 17.0 Å². The first-order valence-corrected chi connectivity index (χ1v) is 5.93. The maximum absolute atomic E-state index is 4.71. The van der Waals surface area contributed by atoms with Crippen LogP contribution in [0.25, 0.3) is 0 Å². The van der Waals surface area contributed by atoms with Gasteiger partial charge in [0.1, 0.15) is 0 Å². The fourth-order valence-corrected chi connectivity index (χ4v) is 1.86. The van der Waals surface area contributed by atoms with Crippen molar-refractivity contribution in [2.24, 2.45) is 11.8 Å². The lowest BCUT2D eigenvalue weighted by molar-refractivity contribution is 0.612. The van der Waals surface area contributed by atoms with Crippen LogP contribution in [0.1, 0.15) is 44.6 Å². The number of hydrogen-bond acceptors (Lipinski definition) is 1. The van der Waals surface area contributed by atoms with Gasteiger partial charge in [0.15, 0.2) is 0 Å². The molecule has 0 aliphatic carbocycles. The molecule has 1 aromatic heterocycles. The Kier molecular flexibility index (Phi) is 4.31. The SMILES string of the molecule is Cc1cc(CC(C)C)nc(CC(C)C)c1. The number of aryl methyl sites for hydroxylation is 1. The van der Waals surface area contributed by atoms with Crippen molar-refractivity contribution < 1.29 is 0 Å². The zero-order chi connectivity index (χ0) is 11.4. The van der Waals surface area contributed by atoms with Gasteiger partial charge < -0.3 is 0 Å². The molecule has 84 valence electrons. The average molecular weight is 205 g/mol. The van der Waals surface area contributed by atoms with Gasteiger partial charge in [-0.15, -0.1) is 0 Å². The highest BCUT2D eigenvalue weighted by Gasteiger charge is 2.04. The fraction of sp³-hybridized carbons (Fsp3) is 0.643. The first-order chi connectivity index (χ1) is 6.97. The molecule has 0 atom stereocenters. The monoisotopic (exact) mass is 205 g/mol. The lowest BCUT2D eigenvalue weighted by Gasteiger charge is -2.10. The Bertz CT molecular complexity index is 285. The van der Waals surface area contributed by atoms with Crippen molar-refractivity contribution in [2.75, 3.05) is 0 Å². The molecule has 1 heteroatoms. The van der Waals surface area contributed by atoms with Gasteiger partial charge in [-0.05, 0) is 49.3 Å². The van der Waals surface area contributed by atoms with Crippen LogP contribution in [0.3, 0.4) is 0 Å². The highest BCUT2D eigenvalue weighted by atomic mass is 14.7. The summed E-state index contributed by atoms with van der Waals surface area (Å²) < 4.78 is 0. The van der Waals surface area contributed by atoms with E-state index >= 15 is 0 Å². The number of pyridine rings is 1. The minimum atomic E-state index is 0.686. The number of nitrogens with zero attached hydrogens (tertiary/aromatic N) is 1. The second-order valence-electron chi connectivity index (χ2n) is 5.32. The third-order valence-electron chi connectivity index (χ3n) is 2.31. The summed E-state index contributed by atoms with van der Waals surface area (Å²) in [7, 11) is 0. The van der Waals surface area contributed by atoms with Gasteiger partial charge in [-0.2, -0.15) is 0 Å². The molecule has 0 aromatic carbocycles. The fourth-order valence-electron chi connectivity index (χ4n) is 1.86. The van der Waals surface area contributed by atoms with E-state index in [1.54, 1.807) is 0 Å². The predicted molar refractivity (Wildman–Crippen MR) is 66.1 cm³/mol. The van der Waals surface area contributed by atoms with E-state index in [-0.39, 0.29) is 0 Å². The third kappa shape index (κ3) is 4.46. The van der Waals surface area contributed by atoms with Gasteiger partial charge in [-0.3, -0.25) is 4.98 Å². The van der Waals surface area contributed by atoms with Crippen LogP contribution in [0.4, 0.5) is 0 Å². The van der Waals surface area contributed by atoms with Gasteiger partial charge in [0, 0.05) is 11.4 Å². The molecule has 0 N–H and O–H groups in total. The summed E-state index contributed by atoms with van der Waals surface area (Å²) in [5, 5.41) is 0. The van der Waals surface area contributed by atoms with Crippen molar-refractivity contribution in [2.45, 2.75) is 47.5 Å². The maximum atomic E-state index is 4.71. The smallest absolute Gasteiger partial charge is 0.0412 e. The molecule has 1 heterocycles. The van der Waals surface area contributed by atoms with Crippen LogP contribution >= 0.6 is 0 Å². The largest absolute Gasteiger partial charge is 0.258 e. The highest BCUT2D eigenvalue weighted by Crippen LogP contribution is 2.12. The molecule has 0 saturated carbocycles. The summed E-state index contributed by atoms with van der Waals surface area (Å²) in [5.41, 5.74) is 3.85. The zero-order valence-corrected chi connectivity index (χ0v) is 10.7. The average Bonchev–Trinajstić information content (AvgIpc) is 1.98. The lowest BCUT2D eigenvalue weighted by Crippen LogP contribution is -2.03. The van der Waals surface area contributed by atoms with Crippen molar-refractivity contribution in [3.63, 3.8) is 0 Å². The molecule has 1 rings (SSSR count). The summed E-state index contributed by atoms with van der Waals surface area (Å²) in [5.74, 6) is 1.37. The van der Waals surface area contributed by atoms with Crippen LogP contribution < -0.4 is 0 Å². The first-order valence-electron chi connectivity index (χ1n) is 5.93. The third-order valence-corrected chi connectivity index (χ3v) is 2.31. The molecular formula is C14H23N. The molecule has 0 bridgehead atoms. The summed E-state index contributed by atoms with van der Waals surface area (Å²) in [6.07, 6.45) is 2.18. The number of hydrogen-bond donors (Lipinski definition) is 0. The molecule has 0 fully saturated rings. The van der Waals surface area contributed by atoms with Gasteiger partial charge in [0.25, 0.3) is 0 Å². The first kappa shape index (κ1) is 12.2. The van der Waals surface area contributed by atoms with Gasteiger partial charge in [-0.25, -0.2) is 0 Å². The quantitative estimate of drug-likeness (QED) is 0.729. The molecule has 0 aliphatic rings. The summed E-state index contributed by atoms with van der Waals surface area (Å²) in [6, 6.07) is 4.42. The van der Waals surface area contributed by atoms with Crippen molar-refractivity contribution in [3.05, 3.63) is 29.1 Å². The minimum Gasteiger partial charge on any atom is -0.258 e. The number of rotatable bonds is 4. The van der Waals surface area contributed by atoms with E-state index < -0.39 is 0 Å². The lowest BCUT2D eigenvalue weighted by atomic mass is 10.0. The Morgan fingerprint density at radius 1 is 0.933 bits per heavy atom. The molecule has 0 radical (unpaired) electrons. The van der Waals surface area contributed by atoms with Crippen LogP contribution in [0, 0.1) is 18.8 Å². The van der Waals surface area contributed by atoms with Crippen molar-refractivity contribution in [1.82, 2.24) is 4.98 Å². The van der Waals surface area contributed by atoms with Gasteiger partial charge in [0.2, 0.25) is 0 Å². The summed E-state index contributed by atoms with van der Waals surface area (Å²) in [6.45, 7) is 11.1. The zero-order valence-electron chi connectivity index (χ0n) is 10.7. The molecular weight excluding hydrogens is 182 g/mol. The van der Waals surface area contributed by atoms with Crippen LogP contribution in [0.2, 0.25) is 0 Å². The standard InChI is InChI=1S/C14H23N/c1-10(2)6-13-8-12(5)9-14(15-13)7-11(3)4/h8-11H,6-7H2,1-5H3. The van der Waals surface area contributed by atoms with Crippen LogP contribution in [-0.4, -0.2) is 4.98 Å². The van der Waals surface area contributed by atoms with Gasteiger partial charge in [0.05, 0.1) is 0 Å². The van der Waals surface area contributed by atoms with Crippen LogP contribution in [-0.2, 0) is 12.8 Å². The van der Waals surface area contributed by atoms with Crippen molar-refractivity contribution in [1.29, 1.82) is 0 Å². The maximum Gasteiger partial charge on any atom is 0.0412 e. The molecule has 0 aliphatic heterocycles. The normalized spacial score (nSPS) is 11.4. The molecule has 0 spiro atoms. The summed E-state index contributed by atoms with van der Waals surface area (Å²) in [4.78, 5) is 4.71. The Labute approximate surface area is 93.9 Å². The summed E-state index contributed by atoms with van der Waals surface area (Å²) >= 11 is 0. The van der Waals surface area contributed by atoms with Crippen molar-refractivity contribution >= 4 is 0 Å². The predicted octanol–water partition coefficient (Wildman–Crippen LogP) is 3.79. The molecule has 15 heavy (non-hydrogen) atoms. The topological polar surface area (TPSA) is 12.9 Å². The molecule has 1 nitrogen and oxygen atoms in total. The van der Waals surface area contributed by atoms with Gasteiger partial charge >= 0.3 is 0 Å². The van der Waals surface area contributed by atoms with E-state index in [0.29, 0.717) is 11.8 Å². The highest BCUT2D eigenvalue weighted by molar-refractivity contribution is 5.20. The second kappa shape index (κ2) is 5.29. The van der Waals surface area contributed by atoms with E-state index in [2.05, 4.69) is 46.8 Å². The number of aromatic nitrogens is 1.